The Bertz CT molecular complexity index is 563. The fourth-order valence-electron chi connectivity index (χ4n) is 1.98. The molecular formula is C13H17N5O. The predicted octanol–water partition coefficient (Wildman–Crippen LogP) is 2.30. The fourth-order valence-corrected chi connectivity index (χ4v) is 1.98. The molecule has 0 spiro atoms. The average molecular weight is 259 g/mol. The first kappa shape index (κ1) is 12.0. The highest BCUT2D eigenvalue weighted by molar-refractivity contribution is 5.57. The molecule has 19 heavy (non-hydrogen) atoms. The summed E-state index contributed by atoms with van der Waals surface area (Å²) in [6.45, 7) is 2.61. The molecule has 0 atom stereocenters. The van der Waals surface area contributed by atoms with Crippen LogP contribution in [-0.2, 0) is 6.54 Å². The highest BCUT2D eigenvalue weighted by Crippen LogP contribution is 2.39. The lowest BCUT2D eigenvalue weighted by molar-refractivity contribution is 0.412. The highest BCUT2D eigenvalue weighted by atomic mass is 16.5. The van der Waals surface area contributed by atoms with Crippen molar-refractivity contribution in [2.24, 2.45) is 0 Å². The third kappa shape index (κ3) is 2.52. The first-order valence-corrected chi connectivity index (χ1v) is 6.47. The van der Waals surface area contributed by atoms with Crippen molar-refractivity contribution in [2.75, 3.05) is 17.7 Å². The van der Waals surface area contributed by atoms with Gasteiger partial charge in [-0.15, -0.1) is 0 Å². The van der Waals surface area contributed by atoms with Gasteiger partial charge >= 0.3 is 0 Å². The van der Waals surface area contributed by atoms with Crippen LogP contribution in [0.2, 0.25) is 0 Å². The van der Waals surface area contributed by atoms with Crippen LogP contribution in [0.4, 0.5) is 11.6 Å². The minimum Gasteiger partial charge on any atom is -0.373 e. The molecule has 100 valence electrons. The van der Waals surface area contributed by atoms with Gasteiger partial charge in [-0.05, 0) is 19.8 Å². The standard InChI is InChI=1S/C13H17N5O/c1-8-11(14-2)16-13(9-3-4-9)17-12(8)15-7-10-5-6-19-18-10/h5-6,9H,3-4,7H2,1-2H3,(H2,14,15,16,17). The Kier molecular flexibility index (Phi) is 3.06. The van der Waals surface area contributed by atoms with Gasteiger partial charge in [-0.2, -0.15) is 0 Å². The quantitative estimate of drug-likeness (QED) is 0.858. The third-order valence-corrected chi connectivity index (χ3v) is 3.27. The van der Waals surface area contributed by atoms with E-state index < -0.39 is 0 Å². The van der Waals surface area contributed by atoms with E-state index in [-0.39, 0.29) is 0 Å². The smallest absolute Gasteiger partial charge is 0.136 e. The molecule has 0 aromatic carbocycles. The van der Waals surface area contributed by atoms with Gasteiger partial charge in [0.2, 0.25) is 0 Å². The monoisotopic (exact) mass is 259 g/mol. The van der Waals surface area contributed by atoms with Crippen molar-refractivity contribution in [2.45, 2.75) is 32.2 Å². The van der Waals surface area contributed by atoms with Crippen LogP contribution < -0.4 is 10.6 Å². The summed E-state index contributed by atoms with van der Waals surface area (Å²) in [4.78, 5) is 9.18. The molecule has 2 N–H and O–H groups in total. The lowest BCUT2D eigenvalue weighted by Crippen LogP contribution is -2.09. The van der Waals surface area contributed by atoms with Gasteiger partial charge in [-0.25, -0.2) is 9.97 Å². The van der Waals surface area contributed by atoms with E-state index in [4.69, 9.17) is 4.52 Å². The molecule has 3 rings (SSSR count). The maximum atomic E-state index is 4.81. The summed E-state index contributed by atoms with van der Waals surface area (Å²) < 4.78 is 4.81. The molecule has 0 aliphatic heterocycles. The lowest BCUT2D eigenvalue weighted by atomic mass is 10.2. The molecular weight excluding hydrogens is 242 g/mol. The largest absolute Gasteiger partial charge is 0.373 e. The Morgan fingerprint density at radius 1 is 1.32 bits per heavy atom. The van der Waals surface area contributed by atoms with Crippen molar-refractivity contribution < 1.29 is 4.52 Å². The van der Waals surface area contributed by atoms with Crippen LogP contribution in [0.25, 0.3) is 0 Å². The zero-order chi connectivity index (χ0) is 13.2. The Morgan fingerprint density at radius 2 is 2.11 bits per heavy atom. The van der Waals surface area contributed by atoms with Crippen molar-refractivity contribution in [1.82, 2.24) is 15.1 Å². The number of aromatic nitrogens is 3. The predicted molar refractivity (Wildman–Crippen MR) is 72.1 cm³/mol. The number of anilines is 2. The van der Waals surface area contributed by atoms with Gasteiger partial charge in [0.15, 0.2) is 0 Å². The van der Waals surface area contributed by atoms with E-state index >= 15 is 0 Å². The van der Waals surface area contributed by atoms with Crippen LogP contribution in [0.1, 0.15) is 35.8 Å². The van der Waals surface area contributed by atoms with E-state index in [1.807, 2.05) is 20.0 Å². The average Bonchev–Trinajstić information content (AvgIpc) is 3.14. The van der Waals surface area contributed by atoms with E-state index in [0.717, 1.165) is 28.7 Å². The first-order valence-electron chi connectivity index (χ1n) is 6.47. The number of hydrogen-bond acceptors (Lipinski definition) is 6. The summed E-state index contributed by atoms with van der Waals surface area (Å²) >= 11 is 0. The van der Waals surface area contributed by atoms with E-state index in [1.165, 1.54) is 12.8 Å². The number of hydrogen-bond donors (Lipinski definition) is 2. The number of nitrogens with zero attached hydrogens (tertiary/aromatic N) is 3. The van der Waals surface area contributed by atoms with E-state index in [2.05, 4.69) is 25.8 Å². The maximum Gasteiger partial charge on any atom is 0.136 e. The molecule has 6 heteroatoms. The zero-order valence-corrected chi connectivity index (χ0v) is 11.1. The van der Waals surface area contributed by atoms with Crippen LogP contribution in [0.3, 0.4) is 0 Å². The second-order valence-corrected chi connectivity index (χ2v) is 4.77. The molecule has 0 saturated heterocycles. The number of rotatable bonds is 5. The second-order valence-electron chi connectivity index (χ2n) is 4.77. The van der Waals surface area contributed by atoms with Crippen LogP contribution in [0, 0.1) is 6.92 Å². The molecule has 2 heterocycles. The minimum absolute atomic E-state index is 0.528. The molecule has 0 amide bonds. The van der Waals surface area contributed by atoms with Crippen LogP contribution in [-0.4, -0.2) is 22.2 Å². The second kappa shape index (κ2) is 4.87. The molecule has 1 saturated carbocycles. The first-order chi connectivity index (χ1) is 9.28. The lowest BCUT2D eigenvalue weighted by Gasteiger charge is -2.12. The van der Waals surface area contributed by atoms with E-state index in [0.29, 0.717) is 12.5 Å². The Hall–Kier alpha value is -2.11. The molecule has 1 fully saturated rings. The van der Waals surface area contributed by atoms with Crippen LogP contribution in [0.15, 0.2) is 16.9 Å². The highest BCUT2D eigenvalue weighted by Gasteiger charge is 2.28. The normalized spacial score (nSPS) is 14.4. The number of nitrogens with one attached hydrogen (secondary N) is 2. The fraction of sp³-hybridized carbons (Fsp3) is 0.462. The summed E-state index contributed by atoms with van der Waals surface area (Å²) in [5, 5.41) is 10.3. The van der Waals surface area contributed by atoms with Crippen molar-refractivity contribution in [3.05, 3.63) is 29.4 Å². The van der Waals surface area contributed by atoms with Crippen LogP contribution >= 0.6 is 0 Å². The summed E-state index contributed by atoms with van der Waals surface area (Å²) in [6, 6.07) is 1.84. The minimum atomic E-state index is 0.528. The topological polar surface area (TPSA) is 75.9 Å². The zero-order valence-electron chi connectivity index (χ0n) is 11.1. The Balaban J connectivity index is 1.83. The summed E-state index contributed by atoms with van der Waals surface area (Å²) in [7, 11) is 1.88. The molecule has 2 aromatic heterocycles. The molecule has 2 aromatic rings. The van der Waals surface area contributed by atoms with Gasteiger partial charge < -0.3 is 15.2 Å². The third-order valence-electron chi connectivity index (χ3n) is 3.27. The van der Waals surface area contributed by atoms with Gasteiger partial charge in [-0.1, -0.05) is 5.16 Å². The van der Waals surface area contributed by atoms with Gasteiger partial charge in [0.1, 0.15) is 29.4 Å². The maximum absolute atomic E-state index is 4.81. The van der Waals surface area contributed by atoms with Gasteiger partial charge in [-0.3, -0.25) is 0 Å². The summed E-state index contributed by atoms with van der Waals surface area (Å²) in [5.41, 5.74) is 1.88. The van der Waals surface area contributed by atoms with Crippen molar-refractivity contribution >= 4 is 11.6 Å². The molecule has 0 radical (unpaired) electrons. The van der Waals surface area contributed by atoms with E-state index in [1.54, 1.807) is 6.26 Å². The molecule has 1 aliphatic carbocycles. The van der Waals surface area contributed by atoms with Crippen molar-refractivity contribution in [3.8, 4) is 0 Å². The SMILES string of the molecule is CNc1nc(C2CC2)nc(NCc2ccon2)c1C. The summed E-state index contributed by atoms with van der Waals surface area (Å²) in [6.07, 6.45) is 3.95. The molecule has 6 nitrogen and oxygen atoms in total. The molecule has 1 aliphatic rings. The van der Waals surface area contributed by atoms with Gasteiger partial charge in [0.25, 0.3) is 0 Å². The summed E-state index contributed by atoms with van der Waals surface area (Å²) in [5.74, 6) is 3.21. The molecule has 0 unspecified atom stereocenters. The van der Waals surface area contributed by atoms with Gasteiger partial charge in [0.05, 0.1) is 6.54 Å². The van der Waals surface area contributed by atoms with E-state index in [9.17, 15) is 0 Å². The van der Waals surface area contributed by atoms with Gasteiger partial charge in [0, 0.05) is 24.6 Å². The van der Waals surface area contributed by atoms with Crippen LogP contribution in [0.5, 0.6) is 0 Å². The van der Waals surface area contributed by atoms with Crippen molar-refractivity contribution in [1.29, 1.82) is 0 Å². The Labute approximate surface area is 111 Å². The molecule has 0 bridgehead atoms. The van der Waals surface area contributed by atoms with Crippen molar-refractivity contribution in [3.63, 3.8) is 0 Å². The Morgan fingerprint density at radius 3 is 2.74 bits per heavy atom.